The fourth-order valence-corrected chi connectivity index (χ4v) is 4.28. The van der Waals surface area contributed by atoms with E-state index in [0.29, 0.717) is 12.1 Å². The van der Waals surface area contributed by atoms with Crippen molar-refractivity contribution in [3.05, 3.63) is 88.5 Å². The molecule has 1 fully saturated rings. The SMILES string of the molecule is CCCCC1(C)COC(O)(c2ccc(-c3cc(F)c(C(F)(F)Oc4cc(F)c(F)c(F)c4)c(F)c3)c(F)c2)OC1. The van der Waals surface area contributed by atoms with Crippen LogP contribution in [-0.4, -0.2) is 18.3 Å². The fourth-order valence-electron chi connectivity index (χ4n) is 4.28. The quantitative estimate of drug-likeness (QED) is 0.221. The number of hydrogen-bond donors (Lipinski definition) is 1. The van der Waals surface area contributed by atoms with Crippen molar-refractivity contribution in [2.45, 2.75) is 45.2 Å². The van der Waals surface area contributed by atoms with Crippen molar-refractivity contribution in [1.29, 1.82) is 0 Å². The van der Waals surface area contributed by atoms with E-state index in [1.165, 1.54) is 6.07 Å². The highest BCUT2D eigenvalue weighted by Gasteiger charge is 2.44. The van der Waals surface area contributed by atoms with Gasteiger partial charge in [0, 0.05) is 28.7 Å². The summed E-state index contributed by atoms with van der Waals surface area (Å²) < 4.78 is 129. The summed E-state index contributed by atoms with van der Waals surface area (Å²) in [6.45, 7) is 4.19. The molecule has 4 rings (SSSR count). The Kier molecular flexibility index (Phi) is 8.17. The zero-order valence-corrected chi connectivity index (χ0v) is 21.3. The molecule has 0 unspecified atom stereocenters. The molecule has 0 atom stereocenters. The zero-order chi connectivity index (χ0) is 29.5. The summed E-state index contributed by atoms with van der Waals surface area (Å²) in [6, 6.07) is 4.02. The number of ether oxygens (including phenoxy) is 3. The monoisotopic (exact) mass is 576 g/mol. The number of alkyl halides is 2. The predicted molar refractivity (Wildman–Crippen MR) is 126 cm³/mol. The van der Waals surface area contributed by atoms with E-state index in [-0.39, 0.29) is 36.3 Å². The average molecular weight is 576 g/mol. The van der Waals surface area contributed by atoms with Gasteiger partial charge in [0.2, 0.25) is 0 Å². The van der Waals surface area contributed by atoms with Crippen LogP contribution in [0.15, 0.2) is 42.5 Å². The molecule has 0 saturated carbocycles. The molecule has 3 aromatic carbocycles. The van der Waals surface area contributed by atoms with Crippen LogP contribution in [0.1, 0.15) is 44.2 Å². The zero-order valence-electron chi connectivity index (χ0n) is 21.3. The van der Waals surface area contributed by atoms with Crippen LogP contribution in [-0.2, 0) is 21.6 Å². The molecule has 0 radical (unpaired) electrons. The van der Waals surface area contributed by atoms with Crippen LogP contribution >= 0.6 is 0 Å². The molecule has 1 saturated heterocycles. The highest BCUT2D eigenvalue weighted by molar-refractivity contribution is 5.65. The first-order valence-corrected chi connectivity index (χ1v) is 12.2. The minimum absolute atomic E-state index is 0.0762. The van der Waals surface area contributed by atoms with E-state index < -0.39 is 69.4 Å². The van der Waals surface area contributed by atoms with Crippen molar-refractivity contribution < 1.29 is 54.4 Å². The first-order chi connectivity index (χ1) is 18.7. The summed E-state index contributed by atoms with van der Waals surface area (Å²) in [5.41, 5.74) is -3.32. The van der Waals surface area contributed by atoms with Gasteiger partial charge in [0.1, 0.15) is 28.8 Å². The maximum Gasteiger partial charge on any atom is 0.432 e. The molecule has 4 nitrogen and oxygen atoms in total. The molecule has 0 amide bonds. The molecule has 40 heavy (non-hydrogen) atoms. The highest BCUT2D eigenvalue weighted by Crippen LogP contribution is 2.40. The Morgan fingerprint density at radius 3 is 1.95 bits per heavy atom. The lowest BCUT2D eigenvalue weighted by Gasteiger charge is -2.41. The van der Waals surface area contributed by atoms with Crippen molar-refractivity contribution >= 4 is 0 Å². The van der Waals surface area contributed by atoms with Crippen LogP contribution < -0.4 is 4.74 Å². The smallest absolute Gasteiger partial charge is 0.429 e. The summed E-state index contributed by atoms with van der Waals surface area (Å²) in [6.07, 6.45) is -2.15. The van der Waals surface area contributed by atoms with Gasteiger partial charge in [-0.2, -0.15) is 8.78 Å². The molecular weight excluding hydrogens is 552 g/mol. The van der Waals surface area contributed by atoms with Crippen molar-refractivity contribution in [2.24, 2.45) is 5.41 Å². The second-order valence-electron chi connectivity index (χ2n) is 9.90. The molecule has 3 aromatic rings. The van der Waals surface area contributed by atoms with Gasteiger partial charge in [-0.25, -0.2) is 26.3 Å². The molecule has 0 spiro atoms. The molecule has 0 bridgehead atoms. The minimum Gasteiger partial charge on any atom is -0.429 e. The highest BCUT2D eigenvalue weighted by atomic mass is 19.3. The summed E-state index contributed by atoms with van der Waals surface area (Å²) in [5, 5.41) is 10.8. The van der Waals surface area contributed by atoms with Gasteiger partial charge in [0.15, 0.2) is 17.5 Å². The number of rotatable bonds is 8. The van der Waals surface area contributed by atoms with Gasteiger partial charge in [0.05, 0.1) is 13.2 Å². The van der Waals surface area contributed by atoms with Gasteiger partial charge in [0.25, 0.3) is 0 Å². The predicted octanol–water partition coefficient (Wildman–Crippen LogP) is 7.66. The maximum atomic E-state index is 15.0. The lowest BCUT2D eigenvalue weighted by molar-refractivity contribution is -0.414. The van der Waals surface area contributed by atoms with Gasteiger partial charge >= 0.3 is 12.1 Å². The third kappa shape index (κ3) is 5.93. The topological polar surface area (TPSA) is 47.9 Å². The molecule has 1 aliphatic heterocycles. The second-order valence-corrected chi connectivity index (χ2v) is 9.90. The molecule has 0 aromatic heterocycles. The third-order valence-corrected chi connectivity index (χ3v) is 6.55. The van der Waals surface area contributed by atoms with Crippen LogP contribution in [0.3, 0.4) is 0 Å². The Hall–Kier alpha value is -3.22. The first kappa shape index (κ1) is 29.8. The van der Waals surface area contributed by atoms with Gasteiger partial charge in [-0.1, -0.05) is 38.8 Å². The Labute approximate surface area is 224 Å². The van der Waals surface area contributed by atoms with Crippen molar-refractivity contribution in [3.63, 3.8) is 0 Å². The number of benzene rings is 3. The molecular formula is C28H24F8O4. The van der Waals surface area contributed by atoms with Gasteiger partial charge in [-0.15, -0.1) is 0 Å². The van der Waals surface area contributed by atoms with Gasteiger partial charge in [-0.05, 0) is 30.2 Å². The number of unbranched alkanes of at least 4 members (excludes halogenated alkanes) is 1. The third-order valence-electron chi connectivity index (χ3n) is 6.55. The number of hydrogen-bond acceptors (Lipinski definition) is 4. The second kappa shape index (κ2) is 11.0. The van der Waals surface area contributed by atoms with E-state index in [1.54, 1.807) is 0 Å². The van der Waals surface area contributed by atoms with Gasteiger partial charge < -0.3 is 19.3 Å². The van der Waals surface area contributed by atoms with E-state index in [1.807, 2.05) is 13.8 Å². The van der Waals surface area contributed by atoms with Crippen molar-refractivity contribution in [1.82, 2.24) is 0 Å². The molecule has 216 valence electrons. The number of aliphatic hydroxyl groups is 1. The van der Waals surface area contributed by atoms with Crippen molar-refractivity contribution in [2.75, 3.05) is 13.2 Å². The Morgan fingerprint density at radius 1 is 0.850 bits per heavy atom. The van der Waals surface area contributed by atoms with E-state index in [2.05, 4.69) is 4.74 Å². The van der Waals surface area contributed by atoms with Crippen LogP contribution in [0.4, 0.5) is 35.1 Å². The van der Waals surface area contributed by atoms with Crippen LogP contribution in [0.5, 0.6) is 5.75 Å². The van der Waals surface area contributed by atoms with E-state index in [9.17, 15) is 35.8 Å². The molecule has 0 aliphatic carbocycles. The number of halogens is 8. The summed E-state index contributed by atoms with van der Waals surface area (Å²) in [4.78, 5) is 0. The van der Waals surface area contributed by atoms with E-state index in [4.69, 9.17) is 9.47 Å². The van der Waals surface area contributed by atoms with Crippen LogP contribution in [0.2, 0.25) is 0 Å². The lowest BCUT2D eigenvalue weighted by Crippen LogP contribution is -2.46. The Morgan fingerprint density at radius 2 is 1.43 bits per heavy atom. The molecule has 1 aliphatic rings. The average Bonchev–Trinajstić information content (AvgIpc) is 2.87. The maximum absolute atomic E-state index is 15.0. The van der Waals surface area contributed by atoms with Crippen molar-refractivity contribution in [3.8, 4) is 16.9 Å². The normalized spacial score (nSPS) is 21.5. The largest absolute Gasteiger partial charge is 0.432 e. The first-order valence-electron chi connectivity index (χ1n) is 12.2. The van der Waals surface area contributed by atoms with E-state index >= 15 is 4.39 Å². The summed E-state index contributed by atoms with van der Waals surface area (Å²) in [5.74, 6) is -14.0. The van der Waals surface area contributed by atoms with Crippen LogP contribution in [0, 0.1) is 40.3 Å². The Bertz CT molecular complexity index is 1360. The lowest BCUT2D eigenvalue weighted by atomic mass is 9.86. The minimum atomic E-state index is -4.80. The molecule has 1 N–H and O–H groups in total. The van der Waals surface area contributed by atoms with Gasteiger partial charge in [-0.3, -0.25) is 0 Å². The van der Waals surface area contributed by atoms with E-state index in [0.717, 1.165) is 31.4 Å². The molecule has 1 heterocycles. The summed E-state index contributed by atoms with van der Waals surface area (Å²) >= 11 is 0. The Balaban J connectivity index is 1.58. The summed E-state index contributed by atoms with van der Waals surface area (Å²) in [7, 11) is 0. The van der Waals surface area contributed by atoms with Crippen LogP contribution in [0.25, 0.3) is 11.1 Å². The molecule has 12 heteroatoms. The fraction of sp³-hybridized carbons (Fsp3) is 0.357. The standard InChI is InChI=1S/C28H24F8O4/c1-3-4-7-26(2)13-38-28(37,39-14-26)16-5-6-18(19(29)10-16)15-8-20(30)24(21(31)9-15)27(35,36)40-17-11-22(32)25(34)23(33)12-17/h5-6,8-12,37H,3-4,7,13-14H2,1-2H3.